The van der Waals surface area contributed by atoms with Crippen molar-refractivity contribution in [3.63, 3.8) is 0 Å². The fraction of sp³-hybridized carbons (Fsp3) is 0.357. The maximum Gasteiger partial charge on any atom is 0.228 e. The standard InChI is InChI=1S/C28H31FO4/c1-21-25(20-30-17-22-11-5-2-6-12-22)33-28(29)27(32-19-24-15-9-4-10-16-24)26(21)31-18-23-13-7-3-8-14-23/h2-16,21,25-28H,17-20H2,1H3/t21-,25?,26-,27?,28?/m0/s1. The van der Waals surface area contributed by atoms with Crippen LogP contribution in [0.1, 0.15) is 23.6 Å². The van der Waals surface area contributed by atoms with E-state index in [0.29, 0.717) is 19.8 Å². The van der Waals surface area contributed by atoms with E-state index < -0.39 is 24.7 Å². The maximum atomic E-state index is 15.2. The summed E-state index contributed by atoms with van der Waals surface area (Å²) in [5.74, 6) is -0.114. The van der Waals surface area contributed by atoms with Crippen molar-refractivity contribution in [1.82, 2.24) is 0 Å². The summed E-state index contributed by atoms with van der Waals surface area (Å²) in [6.45, 7) is 3.42. The van der Waals surface area contributed by atoms with Crippen LogP contribution in [-0.2, 0) is 38.8 Å². The summed E-state index contributed by atoms with van der Waals surface area (Å²) in [6.07, 6.45) is -3.32. The van der Waals surface area contributed by atoms with Crippen molar-refractivity contribution in [1.29, 1.82) is 0 Å². The number of rotatable bonds is 10. The largest absolute Gasteiger partial charge is 0.374 e. The lowest BCUT2D eigenvalue weighted by Gasteiger charge is -2.42. The lowest BCUT2D eigenvalue weighted by molar-refractivity contribution is -0.273. The molecule has 1 aliphatic heterocycles. The molecule has 0 amide bonds. The Bertz CT molecular complexity index is 938. The van der Waals surface area contributed by atoms with Gasteiger partial charge >= 0.3 is 0 Å². The topological polar surface area (TPSA) is 36.9 Å². The van der Waals surface area contributed by atoms with Crippen molar-refractivity contribution < 1.29 is 23.3 Å². The van der Waals surface area contributed by atoms with Crippen LogP contribution in [0.4, 0.5) is 4.39 Å². The van der Waals surface area contributed by atoms with Crippen LogP contribution in [0.2, 0.25) is 0 Å². The summed E-state index contributed by atoms with van der Waals surface area (Å²) < 4.78 is 39.1. The Balaban J connectivity index is 1.41. The summed E-state index contributed by atoms with van der Waals surface area (Å²) in [5.41, 5.74) is 3.08. The van der Waals surface area contributed by atoms with Crippen LogP contribution in [0.25, 0.3) is 0 Å². The quantitative estimate of drug-likeness (QED) is 0.397. The van der Waals surface area contributed by atoms with Crippen molar-refractivity contribution >= 4 is 0 Å². The van der Waals surface area contributed by atoms with Gasteiger partial charge in [-0.1, -0.05) is 97.9 Å². The second-order valence-corrected chi connectivity index (χ2v) is 8.41. The molecule has 5 heteroatoms. The lowest BCUT2D eigenvalue weighted by Crippen LogP contribution is -2.55. The van der Waals surface area contributed by atoms with Gasteiger partial charge in [0.1, 0.15) is 6.10 Å². The van der Waals surface area contributed by atoms with Crippen molar-refractivity contribution in [2.45, 2.75) is 51.4 Å². The maximum absolute atomic E-state index is 15.2. The molecule has 0 N–H and O–H groups in total. The third-order valence-corrected chi connectivity index (χ3v) is 5.96. The van der Waals surface area contributed by atoms with Gasteiger partial charge in [-0.2, -0.15) is 0 Å². The number of benzene rings is 3. The number of hydrogen-bond acceptors (Lipinski definition) is 4. The Morgan fingerprint density at radius 2 is 1.12 bits per heavy atom. The smallest absolute Gasteiger partial charge is 0.228 e. The molecule has 0 aliphatic carbocycles. The first kappa shape index (κ1) is 23.6. The van der Waals surface area contributed by atoms with Gasteiger partial charge in [0.2, 0.25) is 6.36 Å². The second kappa shape index (κ2) is 12.1. The average molecular weight is 451 g/mol. The number of ether oxygens (including phenoxy) is 4. The van der Waals surface area contributed by atoms with Crippen molar-refractivity contribution in [3.05, 3.63) is 108 Å². The zero-order chi connectivity index (χ0) is 22.9. The van der Waals surface area contributed by atoms with Crippen LogP contribution in [0, 0.1) is 5.92 Å². The minimum atomic E-state index is -1.60. The van der Waals surface area contributed by atoms with E-state index in [4.69, 9.17) is 18.9 Å². The Hall–Kier alpha value is -2.57. The molecule has 174 valence electrons. The molecule has 1 heterocycles. The highest BCUT2D eigenvalue weighted by atomic mass is 19.1. The third-order valence-electron chi connectivity index (χ3n) is 5.96. The SMILES string of the molecule is C[C@H]1C(COCc2ccccc2)OC(F)C(OCc2ccccc2)[C@H]1OCc1ccccc1. The Labute approximate surface area is 195 Å². The summed E-state index contributed by atoms with van der Waals surface area (Å²) in [7, 11) is 0. The van der Waals surface area contributed by atoms with E-state index in [1.54, 1.807) is 0 Å². The molecule has 3 unspecified atom stereocenters. The Morgan fingerprint density at radius 1 is 0.667 bits per heavy atom. The molecule has 3 aromatic rings. The fourth-order valence-electron chi connectivity index (χ4n) is 4.04. The highest BCUT2D eigenvalue weighted by molar-refractivity contribution is 5.15. The predicted octanol–water partition coefficient (Wildman–Crippen LogP) is 5.70. The van der Waals surface area contributed by atoms with Gasteiger partial charge in [0.05, 0.1) is 38.6 Å². The fourth-order valence-corrected chi connectivity index (χ4v) is 4.04. The van der Waals surface area contributed by atoms with Gasteiger partial charge in [-0.15, -0.1) is 0 Å². The summed E-state index contributed by atoms with van der Waals surface area (Å²) in [4.78, 5) is 0. The molecular formula is C28H31FO4. The molecule has 1 fully saturated rings. The molecule has 0 bridgehead atoms. The van der Waals surface area contributed by atoms with Crippen LogP contribution in [0.3, 0.4) is 0 Å². The lowest BCUT2D eigenvalue weighted by atomic mass is 9.90. The van der Waals surface area contributed by atoms with Crippen molar-refractivity contribution in [3.8, 4) is 0 Å². The predicted molar refractivity (Wildman–Crippen MR) is 125 cm³/mol. The molecule has 33 heavy (non-hydrogen) atoms. The zero-order valence-corrected chi connectivity index (χ0v) is 18.9. The van der Waals surface area contributed by atoms with Gasteiger partial charge in [0, 0.05) is 5.92 Å². The number of halogens is 1. The van der Waals surface area contributed by atoms with Crippen LogP contribution >= 0.6 is 0 Å². The molecule has 1 aliphatic rings. The van der Waals surface area contributed by atoms with Crippen LogP contribution in [0.15, 0.2) is 91.0 Å². The minimum absolute atomic E-state index is 0.114. The first-order valence-electron chi connectivity index (χ1n) is 11.4. The molecule has 0 spiro atoms. The van der Waals surface area contributed by atoms with Crippen LogP contribution in [0.5, 0.6) is 0 Å². The normalized spacial score (nSPS) is 25.1. The summed E-state index contributed by atoms with van der Waals surface area (Å²) >= 11 is 0. The van der Waals surface area contributed by atoms with Gasteiger partial charge in [-0.05, 0) is 16.7 Å². The van der Waals surface area contributed by atoms with E-state index in [9.17, 15) is 0 Å². The van der Waals surface area contributed by atoms with Crippen molar-refractivity contribution in [2.75, 3.05) is 6.61 Å². The van der Waals surface area contributed by atoms with E-state index in [1.807, 2.05) is 97.9 Å². The van der Waals surface area contributed by atoms with E-state index >= 15 is 4.39 Å². The molecule has 0 radical (unpaired) electrons. The molecule has 0 saturated carbocycles. The number of hydrogen-bond donors (Lipinski definition) is 0. The Morgan fingerprint density at radius 3 is 1.64 bits per heavy atom. The first-order chi connectivity index (χ1) is 16.2. The van der Waals surface area contributed by atoms with E-state index in [-0.39, 0.29) is 12.5 Å². The molecule has 1 saturated heterocycles. The molecule has 3 aromatic carbocycles. The minimum Gasteiger partial charge on any atom is -0.374 e. The number of alkyl halides is 1. The van der Waals surface area contributed by atoms with E-state index in [1.165, 1.54) is 0 Å². The van der Waals surface area contributed by atoms with Gasteiger partial charge < -0.3 is 18.9 Å². The molecule has 4 nitrogen and oxygen atoms in total. The van der Waals surface area contributed by atoms with Gasteiger partial charge in [0.15, 0.2) is 0 Å². The van der Waals surface area contributed by atoms with E-state index in [0.717, 1.165) is 16.7 Å². The third kappa shape index (κ3) is 6.71. The summed E-state index contributed by atoms with van der Waals surface area (Å²) in [6, 6.07) is 29.5. The van der Waals surface area contributed by atoms with Crippen LogP contribution < -0.4 is 0 Å². The van der Waals surface area contributed by atoms with Gasteiger partial charge in [0.25, 0.3) is 0 Å². The molecule has 0 aromatic heterocycles. The average Bonchev–Trinajstić information content (AvgIpc) is 2.86. The highest BCUT2D eigenvalue weighted by Gasteiger charge is 2.45. The first-order valence-corrected chi connectivity index (χ1v) is 11.4. The zero-order valence-electron chi connectivity index (χ0n) is 18.9. The molecule has 4 rings (SSSR count). The van der Waals surface area contributed by atoms with Crippen LogP contribution in [-0.4, -0.2) is 31.3 Å². The molecule has 5 atom stereocenters. The monoisotopic (exact) mass is 450 g/mol. The Kier molecular flexibility index (Phi) is 8.61. The van der Waals surface area contributed by atoms with E-state index in [2.05, 4.69) is 0 Å². The van der Waals surface area contributed by atoms with Crippen molar-refractivity contribution in [2.24, 2.45) is 5.92 Å². The highest BCUT2D eigenvalue weighted by Crippen LogP contribution is 2.32. The van der Waals surface area contributed by atoms with Gasteiger partial charge in [-0.25, -0.2) is 4.39 Å². The molecular weight excluding hydrogens is 419 g/mol. The second-order valence-electron chi connectivity index (χ2n) is 8.41. The van der Waals surface area contributed by atoms with Gasteiger partial charge in [-0.3, -0.25) is 0 Å². The summed E-state index contributed by atoms with van der Waals surface area (Å²) in [5, 5.41) is 0.